The Labute approximate surface area is 127 Å². The van der Waals surface area contributed by atoms with Gasteiger partial charge in [0.05, 0.1) is 0 Å². The van der Waals surface area contributed by atoms with E-state index in [4.69, 9.17) is 34.8 Å². The molecule has 0 unspecified atom stereocenters. The van der Waals surface area contributed by atoms with Gasteiger partial charge >= 0.3 is 0 Å². The number of nitrogens with zero attached hydrogens (tertiary/aromatic N) is 2. The largest absolute Gasteiger partial charge is 0.298 e. The maximum atomic E-state index is 6.06. The Bertz CT molecular complexity index is 555. The summed E-state index contributed by atoms with van der Waals surface area (Å²) in [7, 11) is 2.03. The molecule has 1 aromatic carbocycles. The van der Waals surface area contributed by atoms with E-state index >= 15 is 0 Å². The van der Waals surface area contributed by atoms with Crippen LogP contribution in [0.4, 0.5) is 0 Å². The van der Waals surface area contributed by atoms with Crippen LogP contribution in [0.3, 0.4) is 0 Å². The average Bonchev–Trinajstić information content (AvgIpc) is 2.36. The summed E-state index contributed by atoms with van der Waals surface area (Å²) in [4.78, 5) is 6.18. The zero-order chi connectivity index (χ0) is 13.8. The third-order valence-corrected chi connectivity index (χ3v) is 3.49. The Balaban J connectivity index is 2.01. The van der Waals surface area contributed by atoms with Crippen LogP contribution in [0, 0.1) is 0 Å². The van der Waals surface area contributed by atoms with E-state index in [1.165, 1.54) is 5.56 Å². The average molecular weight is 316 g/mol. The number of hydrogen-bond acceptors (Lipinski definition) is 2. The van der Waals surface area contributed by atoms with Crippen LogP contribution in [0.2, 0.25) is 15.3 Å². The molecule has 0 saturated carbocycles. The molecule has 0 atom stereocenters. The van der Waals surface area contributed by atoms with Gasteiger partial charge in [-0.1, -0.05) is 53.0 Å². The first-order valence-electron chi connectivity index (χ1n) is 5.78. The smallest absolute Gasteiger partial charge is 0.135 e. The topological polar surface area (TPSA) is 16.1 Å². The van der Waals surface area contributed by atoms with Crippen molar-refractivity contribution in [3.8, 4) is 0 Å². The van der Waals surface area contributed by atoms with Crippen molar-refractivity contribution in [1.82, 2.24) is 9.88 Å². The highest BCUT2D eigenvalue weighted by Crippen LogP contribution is 2.19. The number of benzene rings is 1. The van der Waals surface area contributed by atoms with Crippen molar-refractivity contribution in [3.05, 3.63) is 62.9 Å². The van der Waals surface area contributed by atoms with Crippen molar-refractivity contribution in [2.75, 3.05) is 7.05 Å². The predicted octanol–water partition coefficient (Wildman–Crippen LogP) is 4.67. The van der Waals surface area contributed by atoms with Crippen LogP contribution < -0.4 is 0 Å². The maximum Gasteiger partial charge on any atom is 0.135 e. The fourth-order valence-electron chi connectivity index (χ4n) is 1.81. The van der Waals surface area contributed by atoms with Gasteiger partial charge in [-0.05, 0) is 30.8 Å². The summed E-state index contributed by atoms with van der Waals surface area (Å²) < 4.78 is 0. The second kappa shape index (κ2) is 6.58. The number of halogens is 3. The van der Waals surface area contributed by atoms with Crippen LogP contribution in [0.1, 0.15) is 11.1 Å². The van der Waals surface area contributed by atoms with Crippen molar-refractivity contribution in [2.24, 2.45) is 0 Å². The molecule has 100 valence electrons. The molecular formula is C14H13Cl3N2. The highest BCUT2D eigenvalue weighted by molar-refractivity contribution is 6.32. The summed E-state index contributed by atoms with van der Waals surface area (Å²) in [6.45, 7) is 1.53. The molecule has 2 aromatic rings. The van der Waals surface area contributed by atoms with Gasteiger partial charge < -0.3 is 0 Å². The predicted molar refractivity (Wildman–Crippen MR) is 80.9 cm³/mol. The summed E-state index contributed by atoms with van der Waals surface area (Å²) in [5, 5.41) is 1.61. The van der Waals surface area contributed by atoms with Crippen LogP contribution in [-0.2, 0) is 13.1 Å². The highest BCUT2D eigenvalue weighted by atomic mass is 35.5. The van der Waals surface area contributed by atoms with Gasteiger partial charge in [0.2, 0.25) is 0 Å². The van der Waals surface area contributed by atoms with Gasteiger partial charge in [0.1, 0.15) is 10.3 Å². The lowest BCUT2D eigenvalue weighted by molar-refractivity contribution is 0.319. The van der Waals surface area contributed by atoms with Crippen LogP contribution in [0.5, 0.6) is 0 Å². The fraction of sp³-hybridized carbons (Fsp3) is 0.214. The van der Waals surface area contributed by atoms with Gasteiger partial charge in [0.15, 0.2) is 0 Å². The Hall–Kier alpha value is -0.800. The van der Waals surface area contributed by atoms with E-state index in [1.54, 1.807) is 6.07 Å². The quantitative estimate of drug-likeness (QED) is 0.762. The molecule has 0 aliphatic carbocycles. The first-order valence-corrected chi connectivity index (χ1v) is 6.92. The molecule has 0 saturated heterocycles. The van der Waals surface area contributed by atoms with E-state index in [0.717, 1.165) is 17.1 Å². The lowest BCUT2D eigenvalue weighted by Gasteiger charge is -2.17. The fourth-order valence-corrected chi connectivity index (χ4v) is 2.34. The Morgan fingerprint density at radius 2 is 1.63 bits per heavy atom. The zero-order valence-electron chi connectivity index (χ0n) is 10.4. The first-order chi connectivity index (χ1) is 9.04. The molecular weight excluding hydrogens is 303 g/mol. The number of rotatable bonds is 4. The van der Waals surface area contributed by atoms with Gasteiger partial charge in [-0.2, -0.15) is 0 Å². The van der Waals surface area contributed by atoms with Gasteiger partial charge in [0.25, 0.3) is 0 Å². The monoisotopic (exact) mass is 314 g/mol. The Morgan fingerprint density at radius 3 is 2.26 bits per heavy atom. The Morgan fingerprint density at radius 1 is 0.947 bits per heavy atom. The highest BCUT2D eigenvalue weighted by Gasteiger charge is 2.07. The normalized spacial score (nSPS) is 11.0. The molecule has 0 bridgehead atoms. The summed E-state index contributed by atoms with van der Waals surface area (Å²) in [6.07, 6.45) is 0. The van der Waals surface area contributed by atoms with E-state index in [1.807, 2.05) is 37.4 Å². The molecule has 2 nitrogen and oxygen atoms in total. The molecule has 1 aromatic heterocycles. The van der Waals surface area contributed by atoms with Gasteiger partial charge in [-0.15, -0.1) is 0 Å². The van der Waals surface area contributed by atoms with Crippen molar-refractivity contribution in [2.45, 2.75) is 13.1 Å². The van der Waals surface area contributed by atoms with Crippen molar-refractivity contribution in [3.63, 3.8) is 0 Å². The zero-order valence-corrected chi connectivity index (χ0v) is 12.7. The molecule has 0 amide bonds. The summed E-state index contributed by atoms with van der Waals surface area (Å²) in [6, 6.07) is 11.5. The molecule has 5 heteroatoms. The van der Waals surface area contributed by atoms with Crippen molar-refractivity contribution in [1.29, 1.82) is 0 Å². The third-order valence-electron chi connectivity index (χ3n) is 2.70. The number of aromatic nitrogens is 1. The van der Waals surface area contributed by atoms with Crippen LogP contribution in [-0.4, -0.2) is 16.9 Å². The second-order valence-electron chi connectivity index (χ2n) is 4.38. The molecule has 1 heterocycles. The van der Waals surface area contributed by atoms with E-state index in [0.29, 0.717) is 16.9 Å². The molecule has 2 rings (SSSR count). The summed E-state index contributed by atoms with van der Waals surface area (Å²) in [5.41, 5.74) is 2.16. The van der Waals surface area contributed by atoms with E-state index in [9.17, 15) is 0 Å². The molecule has 0 fully saturated rings. The van der Waals surface area contributed by atoms with Crippen LogP contribution in [0.25, 0.3) is 0 Å². The van der Waals surface area contributed by atoms with E-state index in [2.05, 4.69) is 9.88 Å². The minimum absolute atomic E-state index is 0.411. The minimum atomic E-state index is 0.411. The molecule has 0 N–H and O–H groups in total. The SMILES string of the molecule is CN(Cc1ccc(Cl)cc1)Cc1ccc(Cl)nc1Cl. The van der Waals surface area contributed by atoms with Crippen molar-refractivity contribution >= 4 is 34.8 Å². The maximum absolute atomic E-state index is 6.06. The minimum Gasteiger partial charge on any atom is -0.298 e. The van der Waals surface area contributed by atoms with Gasteiger partial charge in [-0.25, -0.2) is 4.98 Å². The van der Waals surface area contributed by atoms with E-state index in [-0.39, 0.29) is 0 Å². The molecule has 0 spiro atoms. The Kier molecular flexibility index (Phi) is 5.06. The second-order valence-corrected chi connectivity index (χ2v) is 5.56. The lowest BCUT2D eigenvalue weighted by atomic mass is 10.2. The first kappa shape index (κ1) is 14.6. The molecule has 0 radical (unpaired) electrons. The lowest BCUT2D eigenvalue weighted by Crippen LogP contribution is -2.17. The van der Waals surface area contributed by atoms with Crippen LogP contribution >= 0.6 is 34.8 Å². The number of pyridine rings is 1. The molecule has 0 aliphatic heterocycles. The van der Waals surface area contributed by atoms with Crippen LogP contribution in [0.15, 0.2) is 36.4 Å². The van der Waals surface area contributed by atoms with E-state index < -0.39 is 0 Å². The summed E-state index contributed by atoms with van der Waals surface area (Å²) in [5.74, 6) is 0. The standard InChI is InChI=1S/C14H13Cl3N2/c1-19(8-10-2-5-12(15)6-3-10)9-11-4-7-13(16)18-14(11)17/h2-7H,8-9H2,1H3. The molecule has 19 heavy (non-hydrogen) atoms. The van der Waals surface area contributed by atoms with Gasteiger partial charge in [-0.3, -0.25) is 4.90 Å². The van der Waals surface area contributed by atoms with Crippen molar-refractivity contribution < 1.29 is 0 Å². The van der Waals surface area contributed by atoms with Gasteiger partial charge in [0, 0.05) is 23.7 Å². The third kappa shape index (κ3) is 4.36. The number of hydrogen-bond donors (Lipinski definition) is 0. The molecule has 0 aliphatic rings. The summed E-state index contributed by atoms with van der Waals surface area (Å²) >= 11 is 17.7.